The predicted octanol–water partition coefficient (Wildman–Crippen LogP) is 4.12. The second-order valence-corrected chi connectivity index (χ2v) is 8.36. The van der Waals surface area contributed by atoms with Gasteiger partial charge in [-0.2, -0.15) is 10.2 Å². The molecule has 2 heterocycles. The van der Waals surface area contributed by atoms with Crippen LogP contribution in [-0.2, 0) is 11.3 Å². The van der Waals surface area contributed by atoms with Gasteiger partial charge in [-0.15, -0.1) is 0 Å². The molecular weight excluding hydrogens is 436 g/mol. The average molecular weight is 463 g/mol. The Morgan fingerprint density at radius 3 is 2.85 bits per heavy atom. The first-order valence-electron chi connectivity index (χ1n) is 11.2. The van der Waals surface area contributed by atoms with Gasteiger partial charge in [0.2, 0.25) is 5.82 Å². The standard InChI is InChI=1S/C25H26N4O5/c1-16(2)33-22-8-6-18(13-19(22)14-26)25-27-24(28-34-25)17-5-7-21-20(12-17)15-29(10-11-32-21)9-3-4-23(30)31/h5-8,12-13,16H,3-4,9-11,15H2,1-2H3,(H,30,31). The van der Waals surface area contributed by atoms with E-state index in [-0.39, 0.29) is 12.5 Å². The Morgan fingerprint density at radius 2 is 2.09 bits per heavy atom. The van der Waals surface area contributed by atoms with Gasteiger partial charge in [0.25, 0.3) is 5.89 Å². The molecule has 1 N–H and O–H groups in total. The lowest BCUT2D eigenvalue weighted by atomic mass is 10.1. The number of aliphatic carboxylic acids is 1. The van der Waals surface area contributed by atoms with Crippen LogP contribution in [0.1, 0.15) is 37.8 Å². The monoisotopic (exact) mass is 462 g/mol. The highest BCUT2D eigenvalue weighted by atomic mass is 16.5. The molecule has 9 heteroatoms. The zero-order chi connectivity index (χ0) is 24.1. The molecule has 3 aromatic rings. The average Bonchev–Trinajstić information content (AvgIpc) is 3.21. The number of hydrogen-bond acceptors (Lipinski definition) is 8. The summed E-state index contributed by atoms with van der Waals surface area (Å²) in [6, 6.07) is 13.1. The third kappa shape index (κ3) is 5.53. The Bertz CT molecular complexity index is 1210. The fraction of sp³-hybridized carbons (Fsp3) is 0.360. The van der Waals surface area contributed by atoms with Crippen molar-refractivity contribution in [3.8, 4) is 40.4 Å². The van der Waals surface area contributed by atoms with Gasteiger partial charge in [0.05, 0.1) is 11.7 Å². The molecule has 0 saturated heterocycles. The van der Waals surface area contributed by atoms with Crippen molar-refractivity contribution in [2.75, 3.05) is 19.7 Å². The number of carbonyl (C=O) groups is 1. The molecule has 2 aromatic carbocycles. The summed E-state index contributed by atoms with van der Waals surface area (Å²) in [7, 11) is 0. The normalized spacial score (nSPS) is 13.6. The molecule has 4 rings (SSSR count). The van der Waals surface area contributed by atoms with E-state index in [9.17, 15) is 10.1 Å². The van der Waals surface area contributed by atoms with Crippen molar-refractivity contribution in [3.05, 3.63) is 47.5 Å². The van der Waals surface area contributed by atoms with Crippen molar-refractivity contribution in [3.63, 3.8) is 0 Å². The van der Waals surface area contributed by atoms with Crippen LogP contribution < -0.4 is 9.47 Å². The highest BCUT2D eigenvalue weighted by molar-refractivity contribution is 5.66. The summed E-state index contributed by atoms with van der Waals surface area (Å²) in [6.07, 6.45) is 0.691. The minimum absolute atomic E-state index is 0.0433. The molecule has 1 aliphatic heterocycles. The number of fused-ring (bicyclic) bond motifs is 1. The Morgan fingerprint density at radius 1 is 1.26 bits per heavy atom. The van der Waals surface area contributed by atoms with Crippen LogP contribution in [0.2, 0.25) is 0 Å². The van der Waals surface area contributed by atoms with Gasteiger partial charge < -0.3 is 19.1 Å². The molecule has 0 amide bonds. The van der Waals surface area contributed by atoms with Gasteiger partial charge in [0, 0.05) is 36.2 Å². The Balaban J connectivity index is 1.54. The molecule has 0 atom stereocenters. The maximum Gasteiger partial charge on any atom is 0.303 e. The van der Waals surface area contributed by atoms with Gasteiger partial charge in [-0.05, 0) is 63.2 Å². The number of aromatic nitrogens is 2. The minimum atomic E-state index is -0.786. The van der Waals surface area contributed by atoms with E-state index in [0.717, 1.165) is 23.4 Å². The molecule has 0 unspecified atom stereocenters. The number of carboxylic acid groups (broad SMARTS) is 1. The third-order valence-electron chi connectivity index (χ3n) is 5.38. The highest BCUT2D eigenvalue weighted by Gasteiger charge is 2.19. The summed E-state index contributed by atoms with van der Waals surface area (Å²) in [5, 5.41) is 22.5. The SMILES string of the molecule is CC(C)Oc1ccc(-c2nc(-c3ccc4c(c3)CN(CCCC(=O)O)CCO4)no2)cc1C#N. The molecule has 1 aromatic heterocycles. The van der Waals surface area contributed by atoms with Gasteiger partial charge in [0.15, 0.2) is 0 Å². The molecule has 176 valence electrons. The maximum atomic E-state index is 10.8. The van der Waals surface area contributed by atoms with E-state index < -0.39 is 5.97 Å². The Labute approximate surface area is 197 Å². The number of nitrogens with zero attached hydrogens (tertiary/aromatic N) is 4. The fourth-order valence-corrected chi connectivity index (χ4v) is 3.80. The lowest BCUT2D eigenvalue weighted by Gasteiger charge is -2.18. The number of nitriles is 1. The van der Waals surface area contributed by atoms with E-state index in [4.69, 9.17) is 19.1 Å². The Hall–Kier alpha value is -3.90. The van der Waals surface area contributed by atoms with Crippen molar-refractivity contribution >= 4 is 5.97 Å². The molecule has 0 bridgehead atoms. The predicted molar refractivity (Wildman–Crippen MR) is 123 cm³/mol. The molecule has 34 heavy (non-hydrogen) atoms. The summed E-state index contributed by atoms with van der Waals surface area (Å²) in [5.41, 5.74) is 2.80. The Kier molecular flexibility index (Phi) is 7.09. The second kappa shape index (κ2) is 10.4. The van der Waals surface area contributed by atoms with E-state index in [2.05, 4.69) is 21.1 Å². The smallest absolute Gasteiger partial charge is 0.303 e. The first-order chi connectivity index (χ1) is 16.4. The minimum Gasteiger partial charge on any atom is -0.492 e. The van der Waals surface area contributed by atoms with Gasteiger partial charge in [0.1, 0.15) is 24.2 Å². The van der Waals surface area contributed by atoms with Crippen molar-refractivity contribution in [1.82, 2.24) is 15.0 Å². The summed E-state index contributed by atoms with van der Waals surface area (Å²) < 4.78 is 17.0. The third-order valence-corrected chi connectivity index (χ3v) is 5.38. The van der Waals surface area contributed by atoms with Gasteiger partial charge in [-0.25, -0.2) is 0 Å². The lowest BCUT2D eigenvalue weighted by molar-refractivity contribution is -0.137. The van der Waals surface area contributed by atoms with Crippen molar-refractivity contribution < 1.29 is 23.9 Å². The van der Waals surface area contributed by atoms with Crippen LogP contribution in [0.3, 0.4) is 0 Å². The van der Waals surface area contributed by atoms with E-state index in [1.165, 1.54) is 0 Å². The zero-order valence-electron chi connectivity index (χ0n) is 19.2. The van der Waals surface area contributed by atoms with Crippen molar-refractivity contribution in [2.45, 2.75) is 39.3 Å². The zero-order valence-corrected chi connectivity index (χ0v) is 19.2. The quantitative estimate of drug-likeness (QED) is 0.527. The largest absolute Gasteiger partial charge is 0.492 e. The van der Waals surface area contributed by atoms with E-state index in [1.807, 2.05) is 32.0 Å². The van der Waals surface area contributed by atoms with E-state index in [0.29, 0.717) is 54.7 Å². The molecule has 0 saturated carbocycles. The van der Waals surface area contributed by atoms with Crippen LogP contribution in [0.15, 0.2) is 40.9 Å². The molecule has 0 spiro atoms. The van der Waals surface area contributed by atoms with Crippen LogP contribution >= 0.6 is 0 Å². The summed E-state index contributed by atoms with van der Waals surface area (Å²) >= 11 is 0. The number of rotatable bonds is 8. The molecule has 0 fully saturated rings. The summed E-state index contributed by atoms with van der Waals surface area (Å²) in [6.45, 7) is 6.41. The lowest BCUT2D eigenvalue weighted by Crippen LogP contribution is -2.27. The van der Waals surface area contributed by atoms with Crippen LogP contribution in [0, 0.1) is 11.3 Å². The van der Waals surface area contributed by atoms with Crippen LogP contribution in [-0.4, -0.2) is 51.9 Å². The van der Waals surface area contributed by atoms with Gasteiger partial charge in [-0.3, -0.25) is 9.69 Å². The first-order valence-corrected chi connectivity index (χ1v) is 11.2. The number of benzene rings is 2. The van der Waals surface area contributed by atoms with Crippen molar-refractivity contribution in [2.24, 2.45) is 0 Å². The molecule has 0 radical (unpaired) electrons. The topological polar surface area (TPSA) is 122 Å². The number of hydrogen-bond donors (Lipinski definition) is 1. The van der Waals surface area contributed by atoms with E-state index >= 15 is 0 Å². The van der Waals surface area contributed by atoms with Gasteiger partial charge in [-0.1, -0.05) is 5.16 Å². The van der Waals surface area contributed by atoms with Crippen molar-refractivity contribution in [1.29, 1.82) is 5.26 Å². The van der Waals surface area contributed by atoms with Crippen LogP contribution in [0.4, 0.5) is 0 Å². The molecular formula is C25H26N4O5. The molecule has 9 nitrogen and oxygen atoms in total. The summed E-state index contributed by atoms with van der Waals surface area (Å²) in [4.78, 5) is 17.5. The van der Waals surface area contributed by atoms with Crippen LogP contribution in [0.25, 0.3) is 22.8 Å². The summed E-state index contributed by atoms with van der Waals surface area (Å²) in [5.74, 6) is 1.27. The van der Waals surface area contributed by atoms with Gasteiger partial charge >= 0.3 is 5.97 Å². The highest BCUT2D eigenvalue weighted by Crippen LogP contribution is 2.31. The second-order valence-electron chi connectivity index (χ2n) is 8.36. The number of ether oxygens (including phenoxy) is 2. The number of carboxylic acids is 1. The maximum absolute atomic E-state index is 10.8. The van der Waals surface area contributed by atoms with E-state index in [1.54, 1.807) is 18.2 Å². The first kappa shape index (κ1) is 23.3. The molecule has 0 aliphatic carbocycles. The fourth-order valence-electron chi connectivity index (χ4n) is 3.80. The van der Waals surface area contributed by atoms with Crippen LogP contribution in [0.5, 0.6) is 11.5 Å². The molecule has 1 aliphatic rings.